The fraction of sp³-hybridized carbons (Fsp3) is 0.727. The Morgan fingerprint density at radius 1 is 1.17 bits per heavy atom. The fourth-order valence-electron chi connectivity index (χ4n) is 6.89. The number of fused-ring (bicyclic) bond motifs is 5. The summed E-state index contributed by atoms with van der Waals surface area (Å²) in [5, 5.41) is 0. The number of ether oxygens (including phenoxy) is 1. The molecular formula is C22H32O. The van der Waals surface area contributed by atoms with Gasteiger partial charge in [0.2, 0.25) is 0 Å². The Morgan fingerprint density at radius 2 is 2.00 bits per heavy atom. The maximum absolute atomic E-state index is 5.54. The first kappa shape index (κ1) is 15.5. The van der Waals surface area contributed by atoms with Crippen molar-refractivity contribution in [1.29, 1.82) is 0 Å². The fourth-order valence-corrected chi connectivity index (χ4v) is 6.89. The lowest BCUT2D eigenvalue weighted by Gasteiger charge is -2.57. The van der Waals surface area contributed by atoms with Gasteiger partial charge in [0.05, 0.1) is 12.9 Å². The molecule has 2 fully saturated rings. The lowest BCUT2D eigenvalue weighted by molar-refractivity contribution is -0.0303. The van der Waals surface area contributed by atoms with Gasteiger partial charge in [0.1, 0.15) is 0 Å². The third-order valence-electron chi connectivity index (χ3n) is 8.35. The highest BCUT2D eigenvalue weighted by Gasteiger charge is 2.57. The van der Waals surface area contributed by atoms with E-state index in [0.29, 0.717) is 10.8 Å². The Hall–Kier alpha value is -0.980. The second-order valence-corrected chi connectivity index (χ2v) is 8.97. The SMILES string of the molecule is C=C[C@H]1CCC2C3CC=C4C=C(OC)CC[C@]4(C)C3CC[C@@]21C. The molecule has 3 unspecified atom stereocenters. The van der Waals surface area contributed by atoms with Gasteiger partial charge in [-0.3, -0.25) is 0 Å². The maximum Gasteiger partial charge on any atom is 0.0958 e. The van der Waals surface area contributed by atoms with Gasteiger partial charge in [0.15, 0.2) is 0 Å². The van der Waals surface area contributed by atoms with Gasteiger partial charge in [-0.2, -0.15) is 0 Å². The Balaban J connectivity index is 1.68. The van der Waals surface area contributed by atoms with E-state index in [-0.39, 0.29) is 0 Å². The van der Waals surface area contributed by atoms with E-state index in [2.05, 4.69) is 38.7 Å². The van der Waals surface area contributed by atoms with Gasteiger partial charge < -0.3 is 4.74 Å². The summed E-state index contributed by atoms with van der Waals surface area (Å²) in [4.78, 5) is 0. The van der Waals surface area contributed by atoms with E-state index < -0.39 is 0 Å². The van der Waals surface area contributed by atoms with Crippen LogP contribution in [0.3, 0.4) is 0 Å². The summed E-state index contributed by atoms with van der Waals surface area (Å²) in [7, 11) is 1.82. The van der Waals surface area contributed by atoms with Crippen LogP contribution in [0, 0.1) is 34.5 Å². The minimum atomic E-state index is 0.387. The summed E-state index contributed by atoms with van der Waals surface area (Å²) in [6.45, 7) is 9.26. The predicted octanol–water partition coefficient (Wildman–Crippen LogP) is 5.89. The summed E-state index contributed by atoms with van der Waals surface area (Å²) in [5.41, 5.74) is 2.48. The summed E-state index contributed by atoms with van der Waals surface area (Å²) in [6, 6.07) is 0. The summed E-state index contributed by atoms with van der Waals surface area (Å²) < 4.78 is 5.54. The number of rotatable bonds is 2. The van der Waals surface area contributed by atoms with E-state index in [1.807, 2.05) is 7.11 Å². The van der Waals surface area contributed by atoms with Gasteiger partial charge in [-0.15, -0.1) is 6.58 Å². The van der Waals surface area contributed by atoms with Crippen molar-refractivity contribution in [2.24, 2.45) is 34.5 Å². The van der Waals surface area contributed by atoms with Crippen LogP contribution in [0.5, 0.6) is 0 Å². The van der Waals surface area contributed by atoms with Crippen LogP contribution in [0.2, 0.25) is 0 Å². The van der Waals surface area contributed by atoms with Crippen LogP contribution in [0.25, 0.3) is 0 Å². The smallest absolute Gasteiger partial charge is 0.0958 e. The molecule has 2 saturated carbocycles. The van der Waals surface area contributed by atoms with Crippen molar-refractivity contribution in [1.82, 2.24) is 0 Å². The van der Waals surface area contributed by atoms with Crippen LogP contribution < -0.4 is 0 Å². The standard InChI is InChI=1S/C22H32O/c1-5-15-7-9-19-18-8-6-16-14-17(23-4)10-12-22(16,3)20(18)11-13-21(15,19)2/h5-6,14-15,18-20H,1,7-13H2,2-4H3/t15-,18?,19?,20?,21+,22-/m0/s1. The minimum absolute atomic E-state index is 0.387. The van der Waals surface area contributed by atoms with Gasteiger partial charge in [-0.1, -0.05) is 26.0 Å². The molecule has 0 amide bonds. The van der Waals surface area contributed by atoms with E-state index in [1.54, 1.807) is 5.57 Å². The van der Waals surface area contributed by atoms with Crippen molar-refractivity contribution >= 4 is 0 Å². The van der Waals surface area contributed by atoms with Crippen molar-refractivity contribution in [2.45, 2.75) is 58.8 Å². The highest BCUT2D eigenvalue weighted by Crippen LogP contribution is 2.66. The molecule has 126 valence electrons. The van der Waals surface area contributed by atoms with E-state index in [9.17, 15) is 0 Å². The highest BCUT2D eigenvalue weighted by molar-refractivity contribution is 5.35. The third-order valence-corrected chi connectivity index (χ3v) is 8.35. The zero-order valence-corrected chi connectivity index (χ0v) is 15.1. The first-order valence-corrected chi connectivity index (χ1v) is 9.60. The maximum atomic E-state index is 5.54. The first-order chi connectivity index (χ1) is 11.0. The lowest BCUT2D eigenvalue weighted by Crippen LogP contribution is -2.49. The van der Waals surface area contributed by atoms with Crippen LogP contribution in [0.15, 0.2) is 36.1 Å². The molecule has 0 spiro atoms. The molecule has 4 aliphatic carbocycles. The lowest BCUT2D eigenvalue weighted by atomic mass is 9.48. The highest BCUT2D eigenvalue weighted by atomic mass is 16.5. The summed E-state index contributed by atoms with van der Waals surface area (Å²) in [6.07, 6.45) is 16.5. The molecule has 0 saturated heterocycles. The Morgan fingerprint density at radius 3 is 2.74 bits per heavy atom. The molecule has 0 aromatic heterocycles. The van der Waals surface area contributed by atoms with E-state index in [4.69, 9.17) is 4.74 Å². The summed E-state index contributed by atoms with van der Waals surface area (Å²) >= 11 is 0. The molecule has 4 aliphatic rings. The molecule has 0 aromatic carbocycles. The van der Waals surface area contributed by atoms with Crippen molar-refractivity contribution in [3.8, 4) is 0 Å². The molecule has 0 aromatic rings. The summed E-state index contributed by atoms with van der Waals surface area (Å²) in [5.74, 6) is 4.61. The van der Waals surface area contributed by atoms with E-state index in [1.165, 1.54) is 44.3 Å². The average Bonchev–Trinajstić information content (AvgIpc) is 2.90. The third kappa shape index (κ3) is 2.04. The number of hydrogen-bond donors (Lipinski definition) is 0. The van der Waals surface area contributed by atoms with E-state index in [0.717, 1.165) is 30.1 Å². The van der Waals surface area contributed by atoms with Crippen LogP contribution >= 0.6 is 0 Å². The second-order valence-electron chi connectivity index (χ2n) is 8.97. The molecule has 23 heavy (non-hydrogen) atoms. The van der Waals surface area contributed by atoms with Gasteiger partial charge >= 0.3 is 0 Å². The zero-order valence-electron chi connectivity index (χ0n) is 15.1. The largest absolute Gasteiger partial charge is 0.501 e. The Kier molecular flexibility index (Phi) is 3.55. The Bertz CT molecular complexity index is 571. The Labute approximate surface area is 141 Å². The number of hydrogen-bond acceptors (Lipinski definition) is 1. The quantitative estimate of drug-likeness (QED) is 0.577. The second kappa shape index (κ2) is 5.26. The molecule has 0 heterocycles. The van der Waals surface area contributed by atoms with Crippen LogP contribution in [-0.4, -0.2) is 7.11 Å². The first-order valence-electron chi connectivity index (χ1n) is 9.60. The normalized spacial score (nSPS) is 48.5. The van der Waals surface area contributed by atoms with Gasteiger partial charge in [0, 0.05) is 6.42 Å². The molecule has 1 heteroatoms. The van der Waals surface area contributed by atoms with Gasteiger partial charge in [0.25, 0.3) is 0 Å². The number of allylic oxidation sites excluding steroid dienone is 5. The average molecular weight is 312 g/mol. The minimum Gasteiger partial charge on any atom is -0.501 e. The molecule has 0 radical (unpaired) electrons. The van der Waals surface area contributed by atoms with Crippen molar-refractivity contribution < 1.29 is 4.74 Å². The molecule has 0 bridgehead atoms. The van der Waals surface area contributed by atoms with Crippen LogP contribution in [0.4, 0.5) is 0 Å². The molecule has 4 rings (SSSR count). The molecule has 6 atom stereocenters. The van der Waals surface area contributed by atoms with Crippen molar-refractivity contribution in [3.05, 3.63) is 36.1 Å². The van der Waals surface area contributed by atoms with E-state index >= 15 is 0 Å². The van der Waals surface area contributed by atoms with Crippen molar-refractivity contribution in [2.75, 3.05) is 7.11 Å². The monoisotopic (exact) mass is 312 g/mol. The molecule has 0 aliphatic heterocycles. The molecule has 0 N–H and O–H groups in total. The molecule has 1 nitrogen and oxygen atoms in total. The van der Waals surface area contributed by atoms with Crippen molar-refractivity contribution in [3.63, 3.8) is 0 Å². The van der Waals surface area contributed by atoms with Gasteiger partial charge in [-0.25, -0.2) is 0 Å². The predicted molar refractivity (Wildman–Crippen MR) is 95.9 cm³/mol. The topological polar surface area (TPSA) is 9.23 Å². The zero-order chi connectivity index (χ0) is 16.2. The molecular weight excluding hydrogens is 280 g/mol. The van der Waals surface area contributed by atoms with Crippen LogP contribution in [0.1, 0.15) is 58.8 Å². The number of methoxy groups -OCH3 is 1. The van der Waals surface area contributed by atoms with Gasteiger partial charge in [-0.05, 0) is 84.7 Å². The van der Waals surface area contributed by atoms with Crippen LogP contribution in [-0.2, 0) is 4.74 Å².